The Hall–Kier alpha value is -1.11. The van der Waals surface area contributed by atoms with E-state index >= 15 is 0 Å². The molecule has 0 unspecified atom stereocenters. The SMILES string of the molecule is NC(=O)C(=O)[C@@](O)(CCS)[C@@H](O)[C@H](O)[C@H](O)CO[C@H]1O[C@H](CO[C@H]2O[C@H](CO)[C@@H](O)[C@H](O)[C@H]2O)[C@@H](O)[C@H](O)[C@H]1O. The minimum atomic E-state index is -2.90. The number of nitrogens with two attached hydrogens (primary N) is 1. The first-order valence-corrected chi connectivity index (χ1v) is 12.7. The number of hydrogen-bond acceptors (Lipinski definition) is 18. The van der Waals surface area contributed by atoms with E-state index in [1.165, 1.54) is 0 Å². The van der Waals surface area contributed by atoms with Gasteiger partial charge < -0.3 is 80.9 Å². The Morgan fingerprint density at radius 1 is 0.850 bits per heavy atom. The molecule has 0 aromatic carbocycles. The number of carbonyl (C=O) groups excluding carboxylic acids is 2. The first-order valence-electron chi connectivity index (χ1n) is 12.1. The lowest BCUT2D eigenvalue weighted by Crippen LogP contribution is -2.62. The maximum absolute atomic E-state index is 12.0. The number of amides is 1. The molecule has 0 aromatic heterocycles. The van der Waals surface area contributed by atoms with Crippen molar-refractivity contribution in [2.45, 2.75) is 91.7 Å². The van der Waals surface area contributed by atoms with Crippen LogP contribution in [0.15, 0.2) is 0 Å². The molecule has 13 N–H and O–H groups in total. The van der Waals surface area contributed by atoms with Crippen molar-refractivity contribution in [3.8, 4) is 0 Å². The molecule has 1 amide bonds. The van der Waals surface area contributed by atoms with Crippen LogP contribution in [0.25, 0.3) is 0 Å². The topological polar surface area (TPSA) is 320 Å². The van der Waals surface area contributed by atoms with Gasteiger partial charge in [0.15, 0.2) is 18.2 Å². The number of aliphatic hydroxyl groups is 11. The van der Waals surface area contributed by atoms with E-state index in [1.807, 2.05) is 0 Å². The summed E-state index contributed by atoms with van der Waals surface area (Å²) in [5, 5.41) is 111. The monoisotopic (exact) mass is 607 g/mol. The summed E-state index contributed by atoms with van der Waals surface area (Å²) in [7, 11) is 0. The highest BCUT2D eigenvalue weighted by Gasteiger charge is 2.51. The van der Waals surface area contributed by atoms with Crippen molar-refractivity contribution < 1.29 is 84.7 Å². The Kier molecular flexibility index (Phi) is 13.0. The van der Waals surface area contributed by atoms with Crippen molar-refractivity contribution in [2.24, 2.45) is 5.73 Å². The fourth-order valence-corrected chi connectivity index (χ4v) is 4.49. The smallest absolute Gasteiger partial charge is 0.288 e. The Morgan fingerprint density at radius 2 is 1.35 bits per heavy atom. The number of Topliss-reactive ketones (excluding diaryl/α,β-unsaturated/α-hetero) is 1. The number of rotatable bonds is 14. The molecule has 2 rings (SSSR count). The summed E-state index contributed by atoms with van der Waals surface area (Å²) < 4.78 is 20.9. The fourth-order valence-electron chi connectivity index (χ4n) is 4.15. The molecule has 2 heterocycles. The van der Waals surface area contributed by atoms with Gasteiger partial charge in [0.1, 0.15) is 67.1 Å². The van der Waals surface area contributed by atoms with Crippen molar-refractivity contribution in [1.82, 2.24) is 0 Å². The van der Waals surface area contributed by atoms with Gasteiger partial charge in [-0.15, -0.1) is 0 Å². The maximum atomic E-state index is 12.0. The Balaban J connectivity index is 2.03. The minimum Gasteiger partial charge on any atom is -0.394 e. The zero-order chi connectivity index (χ0) is 30.5. The zero-order valence-corrected chi connectivity index (χ0v) is 21.8. The normalized spacial score (nSPS) is 38.7. The molecule has 0 aromatic rings. The second kappa shape index (κ2) is 14.9. The van der Waals surface area contributed by atoms with Gasteiger partial charge in [-0.25, -0.2) is 0 Å². The van der Waals surface area contributed by atoms with Gasteiger partial charge in [0.2, 0.25) is 0 Å². The molecule has 0 spiro atoms. The van der Waals surface area contributed by atoms with Crippen LogP contribution in [-0.2, 0) is 28.5 Å². The Labute approximate surface area is 232 Å². The first-order chi connectivity index (χ1) is 18.6. The Morgan fingerprint density at radius 3 is 1.85 bits per heavy atom. The number of ketones is 1. The van der Waals surface area contributed by atoms with Crippen molar-refractivity contribution in [3.05, 3.63) is 0 Å². The summed E-state index contributed by atoms with van der Waals surface area (Å²) in [5.41, 5.74) is 1.97. The lowest BCUT2D eigenvalue weighted by atomic mass is 9.84. The molecule has 0 bridgehead atoms. The lowest BCUT2D eigenvalue weighted by molar-refractivity contribution is -0.333. The average Bonchev–Trinajstić information content (AvgIpc) is 2.93. The Bertz CT molecular complexity index is 839. The third-order valence-electron chi connectivity index (χ3n) is 6.69. The van der Waals surface area contributed by atoms with Crippen LogP contribution in [0.4, 0.5) is 0 Å². The van der Waals surface area contributed by atoms with Crippen molar-refractivity contribution in [2.75, 3.05) is 25.6 Å². The molecule has 14 atom stereocenters. The standard InChI is InChI=1S/C21H37NO17S/c22-18(34)17(33)21(35,1-2-40)16(32)9(25)6(24)4-36-19-15(31)13(29)11(27)8(39-19)5-37-20-14(30)12(28)10(26)7(3-23)38-20/h6-16,19-20,23-32,35,40H,1-5H2,(H2,22,34)/t6-,7-,8-,9-,10-,11-,12+,13+,14-,15-,16+,19+,20+,21-/m1/s1. The zero-order valence-electron chi connectivity index (χ0n) is 20.9. The van der Waals surface area contributed by atoms with Gasteiger partial charge in [0, 0.05) is 0 Å². The van der Waals surface area contributed by atoms with Gasteiger partial charge in [0.25, 0.3) is 11.7 Å². The molecule has 18 nitrogen and oxygen atoms in total. The van der Waals surface area contributed by atoms with E-state index in [0.29, 0.717) is 0 Å². The predicted molar refractivity (Wildman–Crippen MR) is 128 cm³/mol. The summed E-state index contributed by atoms with van der Waals surface area (Å²) in [6.07, 6.45) is -24.5. The van der Waals surface area contributed by atoms with Crippen LogP contribution in [0.3, 0.4) is 0 Å². The van der Waals surface area contributed by atoms with Crippen LogP contribution in [0.2, 0.25) is 0 Å². The summed E-state index contributed by atoms with van der Waals surface area (Å²) in [6.45, 7) is -2.35. The third-order valence-corrected chi connectivity index (χ3v) is 6.91. The molecule has 2 saturated heterocycles. The van der Waals surface area contributed by atoms with Crippen LogP contribution in [-0.4, -0.2) is 179 Å². The molecule has 2 aliphatic rings. The summed E-state index contributed by atoms with van der Waals surface area (Å²) >= 11 is 3.81. The van der Waals surface area contributed by atoms with E-state index in [4.69, 9.17) is 24.7 Å². The highest BCUT2D eigenvalue weighted by Crippen LogP contribution is 2.27. The molecule has 0 radical (unpaired) electrons. The number of aliphatic hydroxyl groups excluding tert-OH is 10. The van der Waals surface area contributed by atoms with Gasteiger partial charge >= 0.3 is 0 Å². The second-order valence-electron chi connectivity index (χ2n) is 9.47. The summed E-state index contributed by atoms with van der Waals surface area (Å²) in [5.74, 6) is -3.50. The minimum absolute atomic E-state index is 0.235. The third kappa shape index (κ3) is 7.64. The van der Waals surface area contributed by atoms with Gasteiger partial charge in [0.05, 0.1) is 19.8 Å². The number of thiol groups is 1. The molecule has 40 heavy (non-hydrogen) atoms. The maximum Gasteiger partial charge on any atom is 0.288 e. The number of ether oxygens (including phenoxy) is 4. The van der Waals surface area contributed by atoms with E-state index in [0.717, 1.165) is 0 Å². The van der Waals surface area contributed by atoms with Gasteiger partial charge in [-0.2, -0.15) is 12.6 Å². The highest BCUT2D eigenvalue weighted by atomic mass is 32.1. The van der Waals surface area contributed by atoms with Crippen LogP contribution >= 0.6 is 12.6 Å². The van der Waals surface area contributed by atoms with Crippen molar-refractivity contribution in [1.29, 1.82) is 0 Å². The molecule has 2 fully saturated rings. The fraction of sp³-hybridized carbons (Fsp3) is 0.905. The summed E-state index contributed by atoms with van der Waals surface area (Å²) in [4.78, 5) is 23.3. The second-order valence-corrected chi connectivity index (χ2v) is 9.92. The molecular formula is C21H37NO17S. The van der Waals surface area contributed by atoms with E-state index in [1.54, 1.807) is 0 Å². The number of primary amides is 1. The quantitative estimate of drug-likeness (QED) is 0.0644. The van der Waals surface area contributed by atoms with E-state index in [2.05, 4.69) is 12.6 Å². The van der Waals surface area contributed by atoms with Crippen molar-refractivity contribution >= 4 is 24.3 Å². The number of carbonyl (C=O) groups is 2. The summed E-state index contributed by atoms with van der Waals surface area (Å²) in [6, 6.07) is 0. The molecule has 2 aliphatic heterocycles. The molecular weight excluding hydrogens is 570 g/mol. The van der Waals surface area contributed by atoms with E-state index in [9.17, 15) is 65.8 Å². The van der Waals surface area contributed by atoms with Crippen LogP contribution < -0.4 is 5.73 Å². The number of hydrogen-bond donors (Lipinski definition) is 13. The van der Waals surface area contributed by atoms with Gasteiger partial charge in [-0.1, -0.05) is 0 Å². The lowest BCUT2D eigenvalue weighted by Gasteiger charge is -2.43. The highest BCUT2D eigenvalue weighted by molar-refractivity contribution is 7.80. The van der Waals surface area contributed by atoms with Gasteiger partial charge in [-0.3, -0.25) is 9.59 Å². The van der Waals surface area contributed by atoms with Crippen LogP contribution in [0.1, 0.15) is 6.42 Å². The largest absolute Gasteiger partial charge is 0.394 e. The van der Waals surface area contributed by atoms with E-state index < -0.39 is 123 Å². The average molecular weight is 608 g/mol. The molecule has 0 saturated carbocycles. The van der Waals surface area contributed by atoms with Crippen LogP contribution in [0.5, 0.6) is 0 Å². The van der Waals surface area contributed by atoms with Crippen LogP contribution in [0, 0.1) is 0 Å². The predicted octanol–water partition coefficient (Wildman–Crippen LogP) is -8.18. The molecule has 19 heteroatoms. The molecule has 234 valence electrons. The van der Waals surface area contributed by atoms with Gasteiger partial charge in [-0.05, 0) is 12.2 Å². The molecule has 0 aliphatic carbocycles. The van der Waals surface area contributed by atoms with E-state index in [-0.39, 0.29) is 5.75 Å². The van der Waals surface area contributed by atoms with Crippen molar-refractivity contribution in [3.63, 3.8) is 0 Å². The first kappa shape index (κ1) is 35.1.